The number of nitrogens with two attached hydrogens (primary N) is 1. The molecular weight excluding hydrogens is 446 g/mol. The Bertz CT molecular complexity index is 1230. The van der Waals surface area contributed by atoms with Gasteiger partial charge in [0.05, 0.1) is 17.3 Å². The predicted molar refractivity (Wildman–Crippen MR) is 152 cm³/mol. The first-order valence-corrected chi connectivity index (χ1v) is 12.8. The van der Waals surface area contributed by atoms with Crippen LogP contribution in [0.4, 0.5) is 5.69 Å². The van der Waals surface area contributed by atoms with Crippen molar-refractivity contribution < 1.29 is 0 Å². The number of nitrogens with one attached hydrogen (secondary N) is 3. The fraction of sp³-hybridized carbons (Fsp3) is 0.414. The van der Waals surface area contributed by atoms with Crippen LogP contribution in [0.3, 0.4) is 0 Å². The molecule has 7 nitrogen and oxygen atoms in total. The van der Waals surface area contributed by atoms with Crippen molar-refractivity contribution in [1.82, 2.24) is 14.8 Å². The number of fused-ring (bicyclic) bond motifs is 1. The van der Waals surface area contributed by atoms with Gasteiger partial charge in [-0.1, -0.05) is 12.1 Å². The van der Waals surface area contributed by atoms with Crippen LogP contribution in [0.2, 0.25) is 0 Å². The summed E-state index contributed by atoms with van der Waals surface area (Å²) in [6.45, 7) is 4.47. The lowest BCUT2D eigenvalue weighted by atomic mass is 9.93. The molecule has 1 saturated heterocycles. The van der Waals surface area contributed by atoms with Crippen LogP contribution in [-0.4, -0.2) is 73.7 Å². The molecule has 4 rings (SSSR count). The van der Waals surface area contributed by atoms with Crippen LogP contribution in [0.15, 0.2) is 47.5 Å². The number of hydrogen-bond donors (Lipinski definition) is 4. The van der Waals surface area contributed by atoms with Crippen LogP contribution < -0.4 is 5.73 Å². The summed E-state index contributed by atoms with van der Waals surface area (Å²) in [4.78, 5) is 12.3. The first-order chi connectivity index (χ1) is 17.4. The molecule has 1 aliphatic rings. The minimum atomic E-state index is -0.231. The Morgan fingerprint density at radius 1 is 1.19 bits per heavy atom. The number of rotatable bonds is 10. The molecule has 0 aliphatic carbocycles. The molecule has 2 heterocycles. The first kappa shape index (κ1) is 25.8. The highest BCUT2D eigenvalue weighted by atomic mass is 15.1. The summed E-state index contributed by atoms with van der Waals surface area (Å²) in [6, 6.07) is 14.2. The lowest BCUT2D eigenvalue weighted by Gasteiger charge is -2.32. The van der Waals surface area contributed by atoms with Crippen LogP contribution in [0.5, 0.6) is 0 Å². The molecule has 7 heteroatoms. The van der Waals surface area contributed by atoms with Crippen molar-refractivity contribution in [3.8, 4) is 0 Å². The Kier molecular flexibility index (Phi) is 8.33. The number of benzene rings is 2. The molecule has 1 aromatic heterocycles. The molecule has 190 valence electrons. The number of nitrogen functional groups attached to an aromatic ring is 1. The van der Waals surface area contributed by atoms with Gasteiger partial charge in [-0.2, -0.15) is 0 Å². The van der Waals surface area contributed by atoms with E-state index in [1.54, 1.807) is 13.3 Å². The van der Waals surface area contributed by atoms with E-state index in [4.69, 9.17) is 16.6 Å². The molecule has 1 aliphatic heterocycles. The van der Waals surface area contributed by atoms with E-state index >= 15 is 0 Å². The third kappa shape index (κ3) is 6.09. The maximum absolute atomic E-state index is 8.87. The van der Waals surface area contributed by atoms with E-state index in [0.717, 1.165) is 47.7 Å². The molecular formula is C29H39N7. The van der Waals surface area contributed by atoms with E-state index in [1.165, 1.54) is 37.6 Å². The molecule has 0 saturated carbocycles. The van der Waals surface area contributed by atoms with E-state index in [-0.39, 0.29) is 5.92 Å². The molecule has 0 amide bonds. The van der Waals surface area contributed by atoms with Gasteiger partial charge in [-0.25, -0.2) is 0 Å². The van der Waals surface area contributed by atoms with Crippen LogP contribution in [0.1, 0.15) is 47.6 Å². The molecule has 1 unspecified atom stereocenters. The number of piperidine rings is 1. The minimum Gasteiger partial charge on any atom is -0.398 e. The van der Waals surface area contributed by atoms with Gasteiger partial charge in [0.1, 0.15) is 0 Å². The van der Waals surface area contributed by atoms with Crippen molar-refractivity contribution in [3.05, 3.63) is 64.8 Å². The predicted octanol–water partition coefficient (Wildman–Crippen LogP) is 4.76. The van der Waals surface area contributed by atoms with Crippen molar-refractivity contribution >= 4 is 34.7 Å². The van der Waals surface area contributed by atoms with Crippen LogP contribution in [-0.2, 0) is 6.54 Å². The maximum Gasteiger partial charge on any atom is 0.0868 e. The topological polar surface area (TPSA) is 108 Å². The highest BCUT2D eigenvalue weighted by Crippen LogP contribution is 2.26. The van der Waals surface area contributed by atoms with Gasteiger partial charge < -0.3 is 21.0 Å². The van der Waals surface area contributed by atoms with Crippen molar-refractivity contribution in [2.75, 3.05) is 46.5 Å². The van der Waals surface area contributed by atoms with E-state index in [9.17, 15) is 0 Å². The number of aliphatic imine (C=N–C) groups is 1. The molecule has 2 aromatic carbocycles. The monoisotopic (exact) mass is 485 g/mol. The molecule has 0 spiro atoms. The zero-order chi connectivity index (χ0) is 25.7. The Hall–Kier alpha value is -3.29. The Morgan fingerprint density at radius 3 is 2.67 bits per heavy atom. The Balaban J connectivity index is 1.46. The van der Waals surface area contributed by atoms with Gasteiger partial charge in [-0.15, -0.1) is 0 Å². The van der Waals surface area contributed by atoms with Gasteiger partial charge in [-0.05, 0) is 100 Å². The number of likely N-dealkylation sites (tertiary alicyclic amines) is 1. The second-order valence-electron chi connectivity index (χ2n) is 10.2. The number of anilines is 1. The fourth-order valence-corrected chi connectivity index (χ4v) is 5.08. The van der Waals surface area contributed by atoms with Crippen molar-refractivity contribution in [1.29, 1.82) is 10.8 Å². The quantitative estimate of drug-likeness (QED) is 0.245. The summed E-state index contributed by atoms with van der Waals surface area (Å²) in [6.07, 6.45) is 6.94. The summed E-state index contributed by atoms with van der Waals surface area (Å²) < 4.78 is 0. The summed E-state index contributed by atoms with van der Waals surface area (Å²) >= 11 is 0. The summed E-state index contributed by atoms with van der Waals surface area (Å²) in [5.41, 5.74) is 11.8. The smallest absolute Gasteiger partial charge is 0.0868 e. The summed E-state index contributed by atoms with van der Waals surface area (Å²) in [5, 5.41) is 17.7. The minimum absolute atomic E-state index is 0.231. The second-order valence-corrected chi connectivity index (χ2v) is 10.2. The van der Waals surface area contributed by atoms with Gasteiger partial charge in [-0.3, -0.25) is 15.3 Å². The standard InChI is InChI=1S/C29H39N7/c1-33-18-24(17-30)22-5-6-26(31)25(15-22)29(32)28-16-23-14-21(4-7-27(23)34-28)19-36-12-9-20(10-13-36)8-11-35(2)3/h4-7,14-18,20,24,30,32,34H,8-13,19,31H2,1-3H3. The third-order valence-electron chi connectivity index (χ3n) is 7.27. The van der Waals surface area contributed by atoms with Gasteiger partial charge in [0.25, 0.3) is 0 Å². The van der Waals surface area contributed by atoms with Gasteiger partial charge in [0.15, 0.2) is 0 Å². The number of aromatic nitrogens is 1. The molecule has 5 N–H and O–H groups in total. The Morgan fingerprint density at radius 2 is 1.97 bits per heavy atom. The van der Waals surface area contributed by atoms with Gasteiger partial charge in [0.2, 0.25) is 0 Å². The van der Waals surface area contributed by atoms with Crippen LogP contribution >= 0.6 is 0 Å². The van der Waals surface area contributed by atoms with Crippen molar-refractivity contribution in [3.63, 3.8) is 0 Å². The van der Waals surface area contributed by atoms with Crippen LogP contribution in [0, 0.1) is 16.7 Å². The zero-order valence-corrected chi connectivity index (χ0v) is 21.7. The summed E-state index contributed by atoms with van der Waals surface area (Å²) in [7, 11) is 6.01. The lowest BCUT2D eigenvalue weighted by Crippen LogP contribution is -2.34. The summed E-state index contributed by atoms with van der Waals surface area (Å²) in [5.74, 6) is 0.615. The molecule has 3 aromatic rings. The zero-order valence-electron chi connectivity index (χ0n) is 21.7. The fourth-order valence-electron chi connectivity index (χ4n) is 5.08. The second kappa shape index (κ2) is 11.6. The lowest BCUT2D eigenvalue weighted by molar-refractivity contribution is 0.166. The third-order valence-corrected chi connectivity index (χ3v) is 7.27. The Labute approximate surface area is 214 Å². The molecule has 1 fully saturated rings. The molecule has 0 radical (unpaired) electrons. The van der Waals surface area contributed by atoms with E-state index < -0.39 is 0 Å². The molecule has 0 bridgehead atoms. The largest absolute Gasteiger partial charge is 0.398 e. The SMILES string of the molecule is CN=CC(C=N)c1ccc(N)c(C(=N)c2cc3cc(CN4CCC(CCN(C)C)CC4)ccc3[nH]2)c1. The van der Waals surface area contributed by atoms with E-state index in [0.29, 0.717) is 17.0 Å². The highest BCUT2D eigenvalue weighted by Gasteiger charge is 2.20. The first-order valence-electron chi connectivity index (χ1n) is 12.8. The van der Waals surface area contributed by atoms with Gasteiger partial charge >= 0.3 is 0 Å². The highest BCUT2D eigenvalue weighted by molar-refractivity contribution is 6.14. The van der Waals surface area contributed by atoms with E-state index in [2.05, 4.69) is 52.1 Å². The molecule has 1 atom stereocenters. The van der Waals surface area contributed by atoms with Gasteiger partial charge in [0, 0.05) is 48.2 Å². The average Bonchev–Trinajstić information content (AvgIpc) is 3.30. The molecule has 36 heavy (non-hydrogen) atoms. The number of hydrogen-bond acceptors (Lipinski definition) is 6. The van der Waals surface area contributed by atoms with Crippen molar-refractivity contribution in [2.24, 2.45) is 10.9 Å². The average molecular weight is 486 g/mol. The van der Waals surface area contributed by atoms with Crippen LogP contribution in [0.25, 0.3) is 10.9 Å². The normalized spacial score (nSPS) is 16.2. The van der Waals surface area contributed by atoms with E-state index in [1.807, 2.05) is 24.3 Å². The van der Waals surface area contributed by atoms with Crippen molar-refractivity contribution in [2.45, 2.75) is 31.7 Å². The number of aromatic amines is 1. The maximum atomic E-state index is 8.87. The number of H-pyrrole nitrogens is 1. The number of nitrogens with zero attached hydrogens (tertiary/aromatic N) is 3.